The van der Waals surface area contributed by atoms with Gasteiger partial charge in [0.05, 0.1) is 23.3 Å². The van der Waals surface area contributed by atoms with Crippen LogP contribution in [0, 0.1) is 5.41 Å². The molecule has 4 aromatic rings. The van der Waals surface area contributed by atoms with Crippen LogP contribution in [-0.4, -0.2) is 53.2 Å². The fourth-order valence-corrected chi connectivity index (χ4v) is 7.87. The molecule has 7 nitrogen and oxygen atoms in total. The van der Waals surface area contributed by atoms with Crippen LogP contribution in [0.1, 0.15) is 103 Å². The van der Waals surface area contributed by atoms with Crippen molar-refractivity contribution in [1.29, 1.82) is 0 Å². The Kier molecular flexibility index (Phi) is 14.4. The molecule has 286 valence electrons. The first-order valence-electron chi connectivity index (χ1n) is 20.2. The molecular formula is C46H67N7. The number of hydrogen-bond acceptors (Lipinski definition) is 6. The van der Waals surface area contributed by atoms with Gasteiger partial charge in [-0.15, -0.1) is 6.58 Å². The number of nitrogens with zero attached hydrogens (tertiary/aromatic N) is 4. The number of aryl methyl sites for hydroxylation is 2. The molecule has 2 aromatic carbocycles. The van der Waals surface area contributed by atoms with Crippen molar-refractivity contribution in [3.8, 4) is 22.4 Å². The van der Waals surface area contributed by atoms with Gasteiger partial charge in [0.15, 0.2) is 0 Å². The first-order chi connectivity index (χ1) is 25.6. The monoisotopic (exact) mass is 718 g/mol. The summed E-state index contributed by atoms with van der Waals surface area (Å²) in [5, 5.41) is 1.35. The predicted octanol–water partition coefficient (Wildman–Crippen LogP) is 9.82. The number of rotatable bonds is 16. The van der Waals surface area contributed by atoms with Gasteiger partial charge in [-0.25, -0.2) is 5.43 Å². The lowest BCUT2D eigenvalue weighted by molar-refractivity contribution is 0.248. The Morgan fingerprint density at radius 2 is 1.68 bits per heavy atom. The molecule has 7 heteroatoms. The van der Waals surface area contributed by atoms with Gasteiger partial charge in [0.1, 0.15) is 0 Å². The minimum atomic E-state index is -0.166. The van der Waals surface area contributed by atoms with Crippen molar-refractivity contribution in [3.05, 3.63) is 97.0 Å². The van der Waals surface area contributed by atoms with Crippen molar-refractivity contribution in [1.82, 2.24) is 25.3 Å². The molecule has 2 fully saturated rings. The fourth-order valence-electron chi connectivity index (χ4n) is 7.87. The number of hydrogen-bond donors (Lipinski definition) is 3. The van der Waals surface area contributed by atoms with Crippen LogP contribution in [0.2, 0.25) is 0 Å². The molecular weight excluding hydrogens is 651 g/mol. The molecule has 0 radical (unpaired) electrons. The predicted molar refractivity (Wildman–Crippen MR) is 228 cm³/mol. The van der Waals surface area contributed by atoms with Crippen molar-refractivity contribution in [3.63, 3.8) is 0 Å². The zero-order valence-electron chi connectivity index (χ0n) is 33.7. The van der Waals surface area contributed by atoms with Crippen LogP contribution in [0.4, 0.5) is 5.69 Å². The van der Waals surface area contributed by atoms with E-state index in [-0.39, 0.29) is 11.5 Å². The Morgan fingerprint density at radius 1 is 0.962 bits per heavy atom. The maximum Gasteiger partial charge on any atom is 0.0663 e. The van der Waals surface area contributed by atoms with E-state index in [9.17, 15) is 0 Å². The summed E-state index contributed by atoms with van der Waals surface area (Å²) in [7, 11) is 0. The minimum Gasteiger partial charge on any atom is -0.368 e. The molecule has 0 spiro atoms. The highest BCUT2D eigenvalue weighted by molar-refractivity contribution is 5.95. The van der Waals surface area contributed by atoms with Gasteiger partial charge in [-0.2, -0.15) is 0 Å². The van der Waals surface area contributed by atoms with Gasteiger partial charge in [0.2, 0.25) is 0 Å². The molecule has 53 heavy (non-hydrogen) atoms. The quantitative estimate of drug-likeness (QED) is 0.0609. The molecule has 1 saturated carbocycles. The van der Waals surface area contributed by atoms with Gasteiger partial charge in [-0.3, -0.25) is 9.88 Å². The zero-order valence-corrected chi connectivity index (χ0v) is 33.7. The number of anilines is 1. The molecule has 0 bridgehead atoms. The lowest BCUT2D eigenvalue weighted by Gasteiger charge is -2.36. The summed E-state index contributed by atoms with van der Waals surface area (Å²) >= 11 is 0. The Hall–Kier alpha value is -3.91. The number of nitrogens with two attached hydrogens (primary N) is 1. The fraction of sp³-hybridized carbons (Fsp3) is 0.500. The summed E-state index contributed by atoms with van der Waals surface area (Å²) in [6, 6.07) is 19.4. The first-order valence-corrected chi connectivity index (χ1v) is 20.2. The summed E-state index contributed by atoms with van der Waals surface area (Å²) in [5.74, 6) is 0. The van der Waals surface area contributed by atoms with E-state index < -0.39 is 0 Å². The van der Waals surface area contributed by atoms with Gasteiger partial charge < -0.3 is 20.6 Å². The largest absolute Gasteiger partial charge is 0.368 e. The Morgan fingerprint density at radius 3 is 2.34 bits per heavy atom. The van der Waals surface area contributed by atoms with Gasteiger partial charge in [-0.1, -0.05) is 76.6 Å². The maximum absolute atomic E-state index is 6.69. The zero-order chi connectivity index (χ0) is 38.0. The van der Waals surface area contributed by atoms with Crippen LogP contribution in [0.3, 0.4) is 0 Å². The SMILES string of the molecule is C=CC.C=CNNCCCCCCc1cccc(-c2ccc3c(c2)c(CC(C)(C)C)c(-c2cc(N4CCN(C5CC5)CC4)cnc2C(C)N)n3CC)c1. The van der Waals surface area contributed by atoms with Gasteiger partial charge in [-0.05, 0) is 105 Å². The van der Waals surface area contributed by atoms with Crippen LogP contribution in [0.15, 0.2) is 80.2 Å². The Bertz CT molecular complexity index is 1780. The highest BCUT2D eigenvalue weighted by Crippen LogP contribution is 2.42. The second kappa shape index (κ2) is 18.9. The third-order valence-electron chi connectivity index (χ3n) is 10.5. The molecule has 2 aromatic heterocycles. The van der Waals surface area contributed by atoms with Crippen LogP contribution < -0.4 is 21.5 Å². The number of piperazine rings is 1. The average molecular weight is 718 g/mol. The summed E-state index contributed by atoms with van der Waals surface area (Å²) < 4.78 is 2.53. The molecule has 3 heterocycles. The number of nitrogens with one attached hydrogen (secondary N) is 2. The molecule has 1 atom stereocenters. The van der Waals surface area contributed by atoms with E-state index in [1.807, 2.05) is 6.92 Å². The van der Waals surface area contributed by atoms with Crippen LogP contribution in [0.25, 0.3) is 33.3 Å². The third-order valence-corrected chi connectivity index (χ3v) is 10.5. The van der Waals surface area contributed by atoms with Crippen LogP contribution in [-0.2, 0) is 19.4 Å². The second-order valence-electron chi connectivity index (χ2n) is 16.3. The highest BCUT2D eigenvalue weighted by atomic mass is 15.3. The number of pyridine rings is 1. The van der Waals surface area contributed by atoms with Crippen molar-refractivity contribution in [2.75, 3.05) is 37.6 Å². The molecule has 0 amide bonds. The van der Waals surface area contributed by atoms with E-state index in [0.29, 0.717) is 0 Å². The molecule has 2 aliphatic rings. The number of benzene rings is 2. The number of hydrazine groups is 1. The standard InChI is InChI=1S/C43H61N7.C3H6/c1-7-46-47-21-12-10-9-11-14-32-15-13-16-33(26-32)34-17-20-40-37(27-34)39(29-43(4,5)6)42(50(40)8-2)38-28-36(30-45-41(38)31(3)44)49-24-22-48(23-25-49)35-18-19-35;1-3-2/h7,13,15-17,20,26-28,30-31,35,46-47H,1,8-12,14,18-19,21-25,29,44H2,2-6H3;3H,1H2,2H3. The summed E-state index contributed by atoms with van der Waals surface area (Å²) in [4.78, 5) is 10.3. The summed E-state index contributed by atoms with van der Waals surface area (Å²) in [5.41, 5.74) is 24.3. The number of aromatic nitrogens is 2. The minimum absolute atomic E-state index is 0.106. The van der Waals surface area contributed by atoms with Gasteiger partial charge >= 0.3 is 0 Å². The molecule has 1 aliphatic heterocycles. The number of allylic oxidation sites excluding steroid dienone is 1. The van der Waals surface area contributed by atoms with Crippen molar-refractivity contribution in [2.24, 2.45) is 11.1 Å². The van der Waals surface area contributed by atoms with Crippen molar-refractivity contribution < 1.29 is 0 Å². The first kappa shape index (κ1) is 40.3. The smallest absolute Gasteiger partial charge is 0.0663 e. The molecule has 4 N–H and O–H groups in total. The van der Waals surface area contributed by atoms with Gasteiger partial charge in [0, 0.05) is 74.0 Å². The molecule has 1 saturated heterocycles. The third kappa shape index (κ3) is 10.6. The second-order valence-corrected chi connectivity index (χ2v) is 16.3. The summed E-state index contributed by atoms with van der Waals surface area (Å²) in [6.07, 6.45) is 15.2. The van der Waals surface area contributed by atoms with Gasteiger partial charge in [0.25, 0.3) is 0 Å². The van der Waals surface area contributed by atoms with E-state index >= 15 is 0 Å². The van der Waals surface area contributed by atoms with E-state index in [2.05, 4.69) is 128 Å². The van der Waals surface area contributed by atoms with Crippen molar-refractivity contribution in [2.45, 2.75) is 112 Å². The lowest BCUT2D eigenvalue weighted by atomic mass is 9.85. The van der Waals surface area contributed by atoms with E-state index in [0.717, 1.165) is 63.8 Å². The maximum atomic E-state index is 6.69. The van der Waals surface area contributed by atoms with E-state index in [1.54, 1.807) is 12.3 Å². The molecule has 1 unspecified atom stereocenters. The topological polar surface area (TPSA) is 74.4 Å². The van der Waals surface area contributed by atoms with E-state index in [1.165, 1.54) is 88.6 Å². The van der Waals surface area contributed by atoms with Crippen LogP contribution in [0.5, 0.6) is 0 Å². The van der Waals surface area contributed by atoms with E-state index in [4.69, 9.17) is 10.7 Å². The highest BCUT2D eigenvalue weighted by Gasteiger charge is 2.32. The normalized spacial score (nSPS) is 15.6. The lowest BCUT2D eigenvalue weighted by Crippen LogP contribution is -2.47. The number of fused-ring (bicyclic) bond motifs is 1. The molecule has 6 rings (SSSR count). The summed E-state index contributed by atoms with van der Waals surface area (Å²) in [6.45, 7) is 26.6. The Labute approximate surface area is 320 Å². The number of unbranched alkanes of at least 4 members (excludes halogenated alkanes) is 3. The Balaban J connectivity index is 0.00000175. The average Bonchev–Trinajstić information content (AvgIpc) is 3.95. The molecule has 1 aliphatic carbocycles. The van der Waals surface area contributed by atoms with Crippen molar-refractivity contribution >= 4 is 16.6 Å². The van der Waals surface area contributed by atoms with Crippen LogP contribution >= 0.6 is 0 Å².